The fraction of sp³-hybridized carbons (Fsp3) is 0.417. The third-order valence-corrected chi connectivity index (χ3v) is 2.47. The van der Waals surface area contributed by atoms with Crippen LogP contribution in [0.3, 0.4) is 0 Å². The smallest absolute Gasteiger partial charge is 0.383 e. The van der Waals surface area contributed by atoms with Gasteiger partial charge in [-0.25, -0.2) is 8.78 Å². The van der Waals surface area contributed by atoms with Crippen molar-refractivity contribution in [3.05, 3.63) is 29.3 Å². The van der Waals surface area contributed by atoms with Gasteiger partial charge in [0, 0.05) is 18.7 Å². The Morgan fingerprint density at radius 2 is 1.75 bits per heavy atom. The van der Waals surface area contributed by atoms with Gasteiger partial charge in [0.15, 0.2) is 0 Å². The number of carbonyl (C=O) groups is 1. The largest absolute Gasteiger partial charge is 0.391 e. The van der Waals surface area contributed by atoms with Crippen molar-refractivity contribution in [1.29, 1.82) is 0 Å². The van der Waals surface area contributed by atoms with E-state index in [2.05, 4.69) is 5.32 Å². The summed E-state index contributed by atoms with van der Waals surface area (Å²) < 4.78 is 63.2. The molecule has 0 aliphatic carbocycles. The normalized spacial score (nSPS) is 12.9. The molecule has 0 radical (unpaired) electrons. The molecule has 0 heterocycles. The van der Waals surface area contributed by atoms with Gasteiger partial charge < -0.3 is 10.6 Å². The average molecular weight is 296 g/mol. The van der Waals surface area contributed by atoms with Crippen molar-refractivity contribution in [3.8, 4) is 0 Å². The molecule has 1 amide bonds. The first-order valence-corrected chi connectivity index (χ1v) is 5.68. The molecule has 1 atom stereocenters. The third kappa shape index (κ3) is 4.36. The maximum atomic E-state index is 13.4. The van der Waals surface area contributed by atoms with E-state index in [4.69, 9.17) is 0 Å². The van der Waals surface area contributed by atoms with Gasteiger partial charge >= 0.3 is 6.18 Å². The Morgan fingerprint density at radius 1 is 1.25 bits per heavy atom. The van der Waals surface area contributed by atoms with Crippen LogP contribution in [0.4, 0.5) is 27.6 Å². The molecule has 20 heavy (non-hydrogen) atoms. The summed E-state index contributed by atoms with van der Waals surface area (Å²) in [4.78, 5) is 11.6. The quantitative estimate of drug-likeness (QED) is 0.838. The van der Waals surface area contributed by atoms with Gasteiger partial charge in [0.2, 0.25) is 0 Å². The summed E-state index contributed by atoms with van der Waals surface area (Å²) in [5, 5.41) is 4.30. The molecule has 0 saturated heterocycles. The summed E-state index contributed by atoms with van der Waals surface area (Å²) in [6.45, 7) is 1.15. The summed E-state index contributed by atoms with van der Waals surface area (Å²) in [5.41, 5.74) is -0.794. The molecule has 1 rings (SSSR count). The Labute approximate surface area is 112 Å². The molecule has 0 saturated carbocycles. The van der Waals surface area contributed by atoms with Gasteiger partial charge in [-0.05, 0) is 19.1 Å². The molecular formula is C12H13F5N2O. The highest BCUT2D eigenvalue weighted by molar-refractivity contribution is 5.94. The molecule has 8 heteroatoms. The SMILES string of the molecule is CNc1c(F)cc(C(=O)NC(C)CC(F)(F)F)cc1F. The van der Waals surface area contributed by atoms with E-state index in [0.717, 1.165) is 19.1 Å². The van der Waals surface area contributed by atoms with Crippen molar-refractivity contribution >= 4 is 11.6 Å². The molecule has 0 aromatic heterocycles. The van der Waals surface area contributed by atoms with E-state index in [1.165, 1.54) is 7.05 Å². The Bertz CT molecular complexity index is 478. The molecule has 0 bridgehead atoms. The third-order valence-electron chi connectivity index (χ3n) is 2.47. The lowest BCUT2D eigenvalue weighted by atomic mass is 10.1. The molecular weight excluding hydrogens is 283 g/mol. The van der Waals surface area contributed by atoms with Crippen LogP contribution in [0.1, 0.15) is 23.7 Å². The van der Waals surface area contributed by atoms with Gasteiger partial charge in [0.05, 0.1) is 6.42 Å². The van der Waals surface area contributed by atoms with Crippen molar-refractivity contribution < 1.29 is 26.7 Å². The van der Waals surface area contributed by atoms with Crippen molar-refractivity contribution in [3.63, 3.8) is 0 Å². The number of carbonyl (C=O) groups excluding carboxylic acids is 1. The predicted octanol–water partition coefficient (Wildman–Crippen LogP) is 3.08. The van der Waals surface area contributed by atoms with E-state index >= 15 is 0 Å². The zero-order chi connectivity index (χ0) is 15.5. The first kappa shape index (κ1) is 16.2. The average Bonchev–Trinajstić information content (AvgIpc) is 2.25. The second-order valence-electron chi connectivity index (χ2n) is 4.26. The van der Waals surface area contributed by atoms with E-state index in [-0.39, 0.29) is 5.56 Å². The minimum absolute atomic E-state index is 0.381. The number of anilines is 1. The number of hydrogen-bond acceptors (Lipinski definition) is 2. The Balaban J connectivity index is 2.83. The zero-order valence-corrected chi connectivity index (χ0v) is 10.7. The van der Waals surface area contributed by atoms with Crippen molar-refractivity contribution in [2.75, 3.05) is 12.4 Å². The van der Waals surface area contributed by atoms with Crippen LogP contribution in [0.15, 0.2) is 12.1 Å². The minimum Gasteiger partial charge on any atom is -0.383 e. The second-order valence-corrected chi connectivity index (χ2v) is 4.26. The maximum Gasteiger partial charge on any atom is 0.391 e. The van der Waals surface area contributed by atoms with Gasteiger partial charge in [-0.2, -0.15) is 13.2 Å². The number of rotatable bonds is 4. The van der Waals surface area contributed by atoms with Crippen LogP contribution in [0.2, 0.25) is 0 Å². The van der Waals surface area contributed by atoms with Crippen LogP contribution in [-0.2, 0) is 0 Å². The highest BCUT2D eigenvalue weighted by Gasteiger charge is 2.30. The number of nitrogens with one attached hydrogen (secondary N) is 2. The van der Waals surface area contributed by atoms with Crippen LogP contribution in [0, 0.1) is 11.6 Å². The van der Waals surface area contributed by atoms with Gasteiger partial charge in [-0.15, -0.1) is 0 Å². The lowest BCUT2D eigenvalue weighted by Crippen LogP contribution is -2.36. The van der Waals surface area contributed by atoms with Crippen LogP contribution >= 0.6 is 0 Å². The molecule has 1 unspecified atom stereocenters. The fourth-order valence-electron chi connectivity index (χ4n) is 1.65. The summed E-state index contributed by atoms with van der Waals surface area (Å²) in [5.74, 6) is -2.97. The summed E-state index contributed by atoms with van der Waals surface area (Å²) >= 11 is 0. The van der Waals surface area contributed by atoms with Crippen LogP contribution in [0.25, 0.3) is 0 Å². The number of benzene rings is 1. The Morgan fingerprint density at radius 3 is 2.15 bits per heavy atom. The Kier molecular flexibility index (Phi) is 4.91. The van der Waals surface area contributed by atoms with Gasteiger partial charge in [-0.3, -0.25) is 4.79 Å². The van der Waals surface area contributed by atoms with E-state index in [9.17, 15) is 26.7 Å². The highest BCUT2D eigenvalue weighted by Crippen LogP contribution is 2.22. The van der Waals surface area contributed by atoms with E-state index in [0.29, 0.717) is 0 Å². The number of amides is 1. The fourth-order valence-corrected chi connectivity index (χ4v) is 1.65. The molecule has 1 aromatic carbocycles. The van der Waals surface area contributed by atoms with Crippen LogP contribution in [0.5, 0.6) is 0 Å². The van der Waals surface area contributed by atoms with E-state index in [1.54, 1.807) is 0 Å². The predicted molar refractivity (Wildman–Crippen MR) is 63.5 cm³/mol. The van der Waals surface area contributed by atoms with Crippen molar-refractivity contribution in [1.82, 2.24) is 5.32 Å². The number of halogens is 5. The topological polar surface area (TPSA) is 41.1 Å². The first-order valence-electron chi connectivity index (χ1n) is 5.68. The molecule has 112 valence electrons. The van der Waals surface area contributed by atoms with Crippen molar-refractivity contribution in [2.45, 2.75) is 25.6 Å². The lowest BCUT2D eigenvalue weighted by molar-refractivity contribution is -0.138. The van der Waals surface area contributed by atoms with E-state index < -0.39 is 41.9 Å². The zero-order valence-electron chi connectivity index (χ0n) is 10.7. The second kappa shape index (κ2) is 6.06. The highest BCUT2D eigenvalue weighted by atomic mass is 19.4. The molecule has 2 N–H and O–H groups in total. The molecule has 0 aliphatic heterocycles. The van der Waals surface area contributed by atoms with Gasteiger partial charge in [-0.1, -0.05) is 0 Å². The lowest BCUT2D eigenvalue weighted by Gasteiger charge is -2.16. The molecule has 0 spiro atoms. The number of alkyl halides is 3. The van der Waals surface area contributed by atoms with Gasteiger partial charge in [0.1, 0.15) is 17.3 Å². The van der Waals surface area contributed by atoms with Crippen LogP contribution in [-0.4, -0.2) is 25.2 Å². The summed E-state index contributed by atoms with van der Waals surface area (Å²) in [6, 6.07) is 0.312. The maximum absolute atomic E-state index is 13.4. The van der Waals surface area contributed by atoms with Crippen molar-refractivity contribution in [2.24, 2.45) is 0 Å². The molecule has 0 aliphatic rings. The number of hydrogen-bond donors (Lipinski definition) is 2. The molecule has 0 fully saturated rings. The minimum atomic E-state index is -4.43. The Hall–Kier alpha value is -1.86. The summed E-state index contributed by atoms with van der Waals surface area (Å²) in [6.07, 6.45) is -5.66. The van der Waals surface area contributed by atoms with E-state index in [1.807, 2.05) is 5.32 Å². The molecule has 1 aromatic rings. The molecule has 3 nitrogen and oxygen atoms in total. The monoisotopic (exact) mass is 296 g/mol. The summed E-state index contributed by atoms with van der Waals surface area (Å²) in [7, 11) is 1.30. The van der Waals surface area contributed by atoms with Crippen LogP contribution < -0.4 is 10.6 Å². The van der Waals surface area contributed by atoms with Gasteiger partial charge in [0.25, 0.3) is 5.91 Å². The standard InChI is InChI=1S/C12H13F5N2O/c1-6(5-12(15,16)17)19-11(20)7-3-8(13)10(18-2)9(14)4-7/h3-4,6,18H,5H2,1-2H3,(H,19,20). The first-order chi connectivity index (χ1) is 9.14.